The summed E-state index contributed by atoms with van der Waals surface area (Å²) in [5.74, 6) is -1.21. The number of carbonyl (C=O) groups excluding carboxylic acids is 1. The molecule has 6 rings (SSSR count). The molecule has 192 valence electrons. The maximum Gasteiger partial charge on any atom is 0.335 e. The summed E-state index contributed by atoms with van der Waals surface area (Å²) in [6, 6.07) is 16.2. The molecule has 0 aliphatic carbocycles. The van der Waals surface area contributed by atoms with Crippen molar-refractivity contribution in [2.45, 2.75) is 18.9 Å². The number of nitrogens with one attached hydrogen (secondary N) is 1. The molecule has 0 amide bonds. The Hall–Kier alpha value is -4.47. The van der Waals surface area contributed by atoms with Gasteiger partial charge in [0.25, 0.3) is 0 Å². The fourth-order valence-corrected chi connectivity index (χ4v) is 4.46. The highest BCUT2D eigenvalue weighted by molar-refractivity contribution is 6.09. The number of fused-ring (bicyclic) bond motifs is 2. The second-order valence-corrected chi connectivity index (χ2v) is 9.43. The molecule has 4 heterocycles. The Balaban J connectivity index is 0.000000316. The molecule has 0 atom stereocenters. The lowest BCUT2D eigenvalue weighted by molar-refractivity contribution is 0.0697. The smallest absolute Gasteiger partial charge is 0.335 e. The molecule has 1 aliphatic heterocycles. The molecule has 0 saturated carbocycles. The Morgan fingerprint density at radius 3 is 2.58 bits per heavy atom. The summed E-state index contributed by atoms with van der Waals surface area (Å²) in [7, 11) is 2.14. The van der Waals surface area contributed by atoms with Crippen LogP contribution < -0.4 is 5.73 Å². The number of hydrogen-bond donors (Lipinski definition) is 3. The van der Waals surface area contributed by atoms with E-state index in [0.717, 1.165) is 16.3 Å². The number of carboxylic acid groups (broad SMARTS) is 1. The van der Waals surface area contributed by atoms with Gasteiger partial charge in [-0.2, -0.15) is 0 Å². The highest BCUT2D eigenvalue weighted by Gasteiger charge is 2.17. The third-order valence-electron chi connectivity index (χ3n) is 6.67. The molecule has 1 saturated heterocycles. The number of carbonyl (C=O) groups is 2. The highest BCUT2D eigenvalue weighted by atomic mass is 16.4. The van der Waals surface area contributed by atoms with E-state index in [-0.39, 0.29) is 17.2 Å². The van der Waals surface area contributed by atoms with Gasteiger partial charge in [-0.3, -0.25) is 14.8 Å². The standard InChI is InChI=1S/C23H14N4O3.C6H14N2/c28-21(22-26-18-6-5-14(23(29)30)10-20(18)27-22)13-7-8-25-19(9-13)17-12-24-11-15-3-1-2-4-16(15)17;1-8-4-2-6(7)3-5-8/h1-12H,(H,26,27)(H,29,30);6H,2-5,7H2,1H3. The van der Waals surface area contributed by atoms with Gasteiger partial charge < -0.3 is 20.7 Å². The first kappa shape index (κ1) is 25.2. The number of rotatable bonds is 4. The Labute approximate surface area is 219 Å². The lowest BCUT2D eigenvalue weighted by Gasteiger charge is -2.25. The van der Waals surface area contributed by atoms with E-state index in [1.165, 1.54) is 38.1 Å². The summed E-state index contributed by atoms with van der Waals surface area (Å²) in [6.45, 7) is 2.36. The van der Waals surface area contributed by atoms with Crippen LogP contribution in [0.1, 0.15) is 39.4 Å². The van der Waals surface area contributed by atoms with Crippen LogP contribution in [-0.2, 0) is 0 Å². The van der Waals surface area contributed by atoms with Crippen LogP contribution >= 0.6 is 0 Å². The van der Waals surface area contributed by atoms with Crippen molar-refractivity contribution in [3.63, 3.8) is 0 Å². The van der Waals surface area contributed by atoms with Gasteiger partial charge in [-0.1, -0.05) is 24.3 Å². The van der Waals surface area contributed by atoms with E-state index in [1.807, 2.05) is 24.3 Å². The predicted octanol–water partition coefficient (Wildman–Crippen LogP) is 4.14. The van der Waals surface area contributed by atoms with E-state index in [9.17, 15) is 9.59 Å². The number of aromatic amines is 1. The average Bonchev–Trinajstić information content (AvgIpc) is 3.38. The Morgan fingerprint density at radius 1 is 1.03 bits per heavy atom. The second-order valence-electron chi connectivity index (χ2n) is 9.43. The largest absolute Gasteiger partial charge is 0.478 e. The van der Waals surface area contributed by atoms with Gasteiger partial charge in [-0.25, -0.2) is 9.78 Å². The van der Waals surface area contributed by atoms with E-state index in [4.69, 9.17) is 10.8 Å². The molecule has 0 bridgehead atoms. The summed E-state index contributed by atoms with van der Waals surface area (Å²) >= 11 is 0. The minimum Gasteiger partial charge on any atom is -0.478 e. The summed E-state index contributed by atoms with van der Waals surface area (Å²) < 4.78 is 0. The molecule has 9 nitrogen and oxygen atoms in total. The number of nitrogens with two attached hydrogens (primary N) is 1. The van der Waals surface area contributed by atoms with Crippen LogP contribution in [-0.4, -0.2) is 67.9 Å². The zero-order chi connectivity index (χ0) is 26.6. The third kappa shape index (κ3) is 5.44. The molecular weight excluding hydrogens is 480 g/mol. The number of nitrogens with zero attached hydrogens (tertiary/aromatic N) is 4. The van der Waals surface area contributed by atoms with Crippen molar-refractivity contribution in [3.05, 3.63) is 90.1 Å². The van der Waals surface area contributed by atoms with Gasteiger partial charge in [0.2, 0.25) is 5.78 Å². The van der Waals surface area contributed by atoms with Crippen LogP contribution in [0.15, 0.2) is 73.2 Å². The van der Waals surface area contributed by atoms with Crippen molar-refractivity contribution < 1.29 is 14.7 Å². The number of carboxylic acids is 1. The average molecular weight is 509 g/mol. The summed E-state index contributed by atoms with van der Waals surface area (Å²) in [4.78, 5) is 42.4. The molecule has 9 heteroatoms. The van der Waals surface area contributed by atoms with E-state index in [2.05, 4.69) is 31.9 Å². The van der Waals surface area contributed by atoms with Crippen molar-refractivity contribution >= 4 is 33.6 Å². The first-order valence-corrected chi connectivity index (χ1v) is 12.4. The van der Waals surface area contributed by atoms with E-state index in [1.54, 1.807) is 36.8 Å². The van der Waals surface area contributed by atoms with Crippen LogP contribution in [0.25, 0.3) is 33.1 Å². The summed E-state index contributed by atoms with van der Waals surface area (Å²) in [5, 5.41) is 11.1. The first-order valence-electron chi connectivity index (χ1n) is 12.4. The Morgan fingerprint density at radius 2 is 1.82 bits per heavy atom. The molecule has 0 radical (unpaired) electrons. The molecule has 38 heavy (non-hydrogen) atoms. The summed E-state index contributed by atoms with van der Waals surface area (Å²) in [5.41, 5.74) is 8.70. The number of ketones is 1. The molecule has 3 aromatic heterocycles. The lowest BCUT2D eigenvalue weighted by Crippen LogP contribution is -2.37. The minimum absolute atomic E-state index is 0.125. The number of benzene rings is 2. The van der Waals surface area contributed by atoms with Crippen molar-refractivity contribution in [1.82, 2.24) is 24.8 Å². The SMILES string of the molecule is CN1CCC(N)CC1.O=C(O)c1ccc2nc(C(=O)c3ccnc(-c4cncc5ccccc45)c3)[nH]c2c1. The number of hydrogen-bond acceptors (Lipinski definition) is 7. The molecular formula is C29H28N6O3. The zero-order valence-electron chi connectivity index (χ0n) is 21.0. The number of aromatic carboxylic acids is 1. The van der Waals surface area contributed by atoms with Crippen molar-refractivity contribution in [1.29, 1.82) is 0 Å². The van der Waals surface area contributed by atoms with Crippen LogP contribution in [0, 0.1) is 0 Å². The van der Waals surface area contributed by atoms with Crippen molar-refractivity contribution in [2.24, 2.45) is 5.73 Å². The monoisotopic (exact) mass is 508 g/mol. The fraction of sp³-hybridized carbons (Fsp3) is 0.207. The first-order chi connectivity index (χ1) is 18.4. The Bertz CT molecular complexity index is 1610. The molecule has 1 aliphatic rings. The summed E-state index contributed by atoms with van der Waals surface area (Å²) in [6.07, 6.45) is 7.45. The second kappa shape index (κ2) is 10.9. The molecule has 5 aromatic rings. The topological polar surface area (TPSA) is 138 Å². The van der Waals surface area contributed by atoms with Gasteiger partial charge >= 0.3 is 5.97 Å². The van der Waals surface area contributed by atoms with Crippen molar-refractivity contribution in [3.8, 4) is 11.3 Å². The number of pyridine rings is 2. The van der Waals surface area contributed by atoms with Gasteiger partial charge in [0, 0.05) is 41.1 Å². The number of aromatic nitrogens is 4. The molecule has 1 fully saturated rings. The fourth-order valence-electron chi connectivity index (χ4n) is 4.46. The van der Waals surface area contributed by atoms with Crippen LogP contribution in [0.3, 0.4) is 0 Å². The van der Waals surface area contributed by atoms with Gasteiger partial charge in [0.05, 0.1) is 22.3 Å². The minimum atomic E-state index is -1.04. The Kier molecular flexibility index (Phi) is 7.21. The van der Waals surface area contributed by atoms with Crippen LogP contribution in [0.5, 0.6) is 0 Å². The van der Waals surface area contributed by atoms with E-state index in [0.29, 0.717) is 28.3 Å². The van der Waals surface area contributed by atoms with Gasteiger partial charge in [0.15, 0.2) is 5.82 Å². The predicted molar refractivity (Wildman–Crippen MR) is 146 cm³/mol. The molecule has 4 N–H and O–H groups in total. The number of H-pyrrole nitrogens is 1. The van der Waals surface area contributed by atoms with E-state index < -0.39 is 5.97 Å². The zero-order valence-corrected chi connectivity index (χ0v) is 21.0. The molecule has 0 spiro atoms. The van der Waals surface area contributed by atoms with Crippen molar-refractivity contribution in [2.75, 3.05) is 20.1 Å². The number of piperidine rings is 1. The maximum absolute atomic E-state index is 13.0. The third-order valence-corrected chi connectivity index (χ3v) is 6.67. The number of likely N-dealkylation sites (tertiary alicyclic amines) is 1. The quantitative estimate of drug-likeness (QED) is 0.308. The van der Waals surface area contributed by atoms with Gasteiger partial charge in [-0.05, 0) is 68.7 Å². The molecule has 0 unspecified atom stereocenters. The van der Waals surface area contributed by atoms with Gasteiger partial charge in [0.1, 0.15) is 0 Å². The van der Waals surface area contributed by atoms with Gasteiger partial charge in [-0.15, -0.1) is 0 Å². The van der Waals surface area contributed by atoms with Crippen LogP contribution in [0.4, 0.5) is 0 Å². The maximum atomic E-state index is 13.0. The number of imidazole rings is 1. The highest BCUT2D eigenvalue weighted by Crippen LogP contribution is 2.27. The normalized spacial score (nSPS) is 14.3. The van der Waals surface area contributed by atoms with Crippen LogP contribution in [0.2, 0.25) is 0 Å². The molecule has 2 aromatic carbocycles. The van der Waals surface area contributed by atoms with E-state index >= 15 is 0 Å². The lowest BCUT2D eigenvalue weighted by atomic mass is 10.0.